The smallest absolute Gasteiger partial charge is 0.0561 e. The standard InChI is InChI=1S/C16H27N3/c1-4-17-12-14(18-5-2)9-13-10-15-7-6-8-16(11-13)19(15)3/h4-5,12-13,15-17H,1,6-11H2,2-3H3/b14-12-,18-5-. The summed E-state index contributed by atoms with van der Waals surface area (Å²) in [6.07, 6.45) is 13.5. The van der Waals surface area contributed by atoms with Gasteiger partial charge in [-0.05, 0) is 58.2 Å². The number of fused-ring (bicyclic) bond motifs is 2. The van der Waals surface area contributed by atoms with Crippen molar-refractivity contribution in [2.45, 2.75) is 57.5 Å². The van der Waals surface area contributed by atoms with Crippen LogP contribution in [0.5, 0.6) is 0 Å². The highest BCUT2D eigenvalue weighted by atomic mass is 15.2. The molecule has 0 aliphatic carbocycles. The fraction of sp³-hybridized carbons (Fsp3) is 0.688. The highest BCUT2D eigenvalue weighted by Crippen LogP contribution is 2.38. The van der Waals surface area contributed by atoms with E-state index in [-0.39, 0.29) is 0 Å². The molecule has 0 saturated carbocycles. The maximum absolute atomic E-state index is 4.48. The summed E-state index contributed by atoms with van der Waals surface area (Å²) in [5.74, 6) is 0.785. The van der Waals surface area contributed by atoms with Gasteiger partial charge in [0.2, 0.25) is 0 Å². The Morgan fingerprint density at radius 3 is 2.63 bits per heavy atom. The molecule has 2 atom stereocenters. The van der Waals surface area contributed by atoms with Gasteiger partial charge in [0.1, 0.15) is 0 Å². The average Bonchev–Trinajstić information content (AvgIpc) is 2.37. The van der Waals surface area contributed by atoms with Gasteiger partial charge in [0.15, 0.2) is 0 Å². The van der Waals surface area contributed by atoms with Crippen molar-refractivity contribution < 1.29 is 0 Å². The summed E-state index contributed by atoms with van der Waals surface area (Å²) in [6, 6.07) is 1.61. The van der Waals surface area contributed by atoms with Gasteiger partial charge in [0.25, 0.3) is 0 Å². The second-order valence-electron chi connectivity index (χ2n) is 5.84. The maximum atomic E-state index is 4.48. The topological polar surface area (TPSA) is 27.6 Å². The molecule has 2 aliphatic rings. The van der Waals surface area contributed by atoms with Crippen molar-refractivity contribution in [3.8, 4) is 0 Å². The number of nitrogens with zero attached hydrogens (tertiary/aromatic N) is 2. The number of hydrogen-bond acceptors (Lipinski definition) is 3. The van der Waals surface area contributed by atoms with E-state index in [4.69, 9.17) is 0 Å². The van der Waals surface area contributed by atoms with E-state index in [1.54, 1.807) is 6.20 Å². The van der Waals surface area contributed by atoms with Crippen molar-refractivity contribution in [2.75, 3.05) is 7.05 Å². The first kappa shape index (κ1) is 14.3. The quantitative estimate of drug-likeness (QED) is 0.769. The lowest BCUT2D eigenvalue weighted by atomic mass is 9.77. The fourth-order valence-corrected chi connectivity index (χ4v) is 3.66. The van der Waals surface area contributed by atoms with E-state index in [0.29, 0.717) is 0 Å². The van der Waals surface area contributed by atoms with E-state index in [1.165, 1.54) is 32.1 Å². The highest BCUT2D eigenvalue weighted by Gasteiger charge is 2.35. The Morgan fingerprint density at radius 1 is 1.37 bits per heavy atom. The van der Waals surface area contributed by atoms with Crippen molar-refractivity contribution in [3.63, 3.8) is 0 Å². The predicted octanol–water partition coefficient (Wildman–Crippen LogP) is 3.30. The molecule has 2 heterocycles. The molecule has 3 nitrogen and oxygen atoms in total. The largest absolute Gasteiger partial charge is 0.367 e. The molecule has 0 radical (unpaired) electrons. The minimum absolute atomic E-state index is 0.785. The van der Waals surface area contributed by atoms with Crippen LogP contribution in [-0.2, 0) is 0 Å². The van der Waals surface area contributed by atoms with Crippen molar-refractivity contribution in [1.29, 1.82) is 0 Å². The van der Waals surface area contributed by atoms with Crippen LogP contribution in [0.4, 0.5) is 0 Å². The summed E-state index contributed by atoms with van der Waals surface area (Å²) in [6.45, 7) is 5.66. The molecule has 2 fully saturated rings. The maximum Gasteiger partial charge on any atom is 0.0561 e. The zero-order chi connectivity index (χ0) is 13.7. The molecule has 0 spiro atoms. The Morgan fingerprint density at radius 2 is 2.05 bits per heavy atom. The third-order valence-electron chi connectivity index (χ3n) is 4.60. The summed E-state index contributed by atoms with van der Waals surface area (Å²) >= 11 is 0. The lowest BCUT2D eigenvalue weighted by Crippen LogP contribution is -2.49. The molecule has 2 rings (SSSR count). The number of rotatable bonds is 5. The first-order valence-corrected chi connectivity index (χ1v) is 7.51. The molecule has 3 heteroatoms. The number of allylic oxidation sites excluding steroid dienone is 1. The third-order valence-corrected chi connectivity index (χ3v) is 4.60. The summed E-state index contributed by atoms with van der Waals surface area (Å²) < 4.78 is 0. The van der Waals surface area contributed by atoms with Crippen LogP contribution in [0.1, 0.15) is 45.4 Å². The Kier molecular flexibility index (Phi) is 5.20. The lowest BCUT2D eigenvalue weighted by Gasteiger charge is -2.47. The zero-order valence-corrected chi connectivity index (χ0v) is 12.3. The van der Waals surface area contributed by atoms with Gasteiger partial charge in [-0.25, -0.2) is 0 Å². The van der Waals surface area contributed by atoms with Crippen LogP contribution in [0.2, 0.25) is 0 Å². The molecular formula is C16H27N3. The van der Waals surface area contributed by atoms with Gasteiger partial charge >= 0.3 is 0 Å². The van der Waals surface area contributed by atoms with Crippen LogP contribution < -0.4 is 5.32 Å². The number of aliphatic imine (C=N–C) groups is 1. The third kappa shape index (κ3) is 3.69. The van der Waals surface area contributed by atoms with Crippen LogP contribution in [0, 0.1) is 5.92 Å². The van der Waals surface area contributed by atoms with Gasteiger partial charge in [-0.15, -0.1) is 0 Å². The molecule has 106 valence electrons. The molecule has 0 aromatic carbocycles. The zero-order valence-electron chi connectivity index (χ0n) is 12.3. The van der Waals surface area contributed by atoms with E-state index in [2.05, 4.69) is 28.8 Å². The number of hydrogen-bond donors (Lipinski definition) is 1. The number of nitrogens with one attached hydrogen (secondary N) is 1. The van der Waals surface area contributed by atoms with Crippen molar-refractivity contribution in [3.05, 3.63) is 24.7 Å². The van der Waals surface area contributed by atoms with E-state index >= 15 is 0 Å². The summed E-state index contributed by atoms with van der Waals surface area (Å²) in [5, 5.41) is 3.06. The van der Waals surface area contributed by atoms with Gasteiger partial charge in [-0.3, -0.25) is 4.99 Å². The van der Waals surface area contributed by atoms with E-state index in [1.807, 2.05) is 19.3 Å². The van der Waals surface area contributed by atoms with Crippen LogP contribution in [0.25, 0.3) is 0 Å². The van der Waals surface area contributed by atoms with Crippen molar-refractivity contribution in [1.82, 2.24) is 10.2 Å². The Balaban J connectivity index is 1.96. The molecule has 0 aromatic rings. The molecule has 2 unspecified atom stereocenters. The minimum Gasteiger partial charge on any atom is -0.367 e. The molecule has 2 saturated heterocycles. The second kappa shape index (κ2) is 6.90. The van der Waals surface area contributed by atoms with Crippen molar-refractivity contribution in [2.24, 2.45) is 10.9 Å². The molecule has 0 aromatic heterocycles. The van der Waals surface area contributed by atoms with E-state index in [9.17, 15) is 0 Å². The van der Waals surface area contributed by atoms with Crippen LogP contribution in [-0.4, -0.2) is 30.2 Å². The summed E-state index contributed by atoms with van der Waals surface area (Å²) in [5.41, 5.74) is 1.15. The van der Waals surface area contributed by atoms with Gasteiger partial charge < -0.3 is 10.2 Å². The number of piperidine rings is 2. The van der Waals surface area contributed by atoms with Gasteiger partial charge in [-0.1, -0.05) is 13.0 Å². The first-order chi connectivity index (χ1) is 9.24. The molecular weight excluding hydrogens is 234 g/mol. The molecule has 1 N–H and O–H groups in total. The summed E-state index contributed by atoms with van der Waals surface area (Å²) in [7, 11) is 2.31. The monoisotopic (exact) mass is 261 g/mol. The van der Waals surface area contributed by atoms with Crippen LogP contribution in [0.3, 0.4) is 0 Å². The normalized spacial score (nSPS) is 32.5. The van der Waals surface area contributed by atoms with Gasteiger partial charge in [0.05, 0.1) is 5.70 Å². The molecule has 2 aliphatic heterocycles. The predicted molar refractivity (Wildman–Crippen MR) is 82.1 cm³/mol. The molecule has 19 heavy (non-hydrogen) atoms. The minimum atomic E-state index is 0.785. The highest BCUT2D eigenvalue weighted by molar-refractivity contribution is 5.55. The lowest BCUT2D eigenvalue weighted by molar-refractivity contribution is 0.0366. The van der Waals surface area contributed by atoms with E-state index < -0.39 is 0 Å². The average molecular weight is 261 g/mol. The Bertz CT molecular complexity index is 345. The fourth-order valence-electron chi connectivity index (χ4n) is 3.66. The molecule has 0 amide bonds. The van der Waals surface area contributed by atoms with Gasteiger partial charge in [0, 0.05) is 24.5 Å². The Hall–Kier alpha value is -1.09. The van der Waals surface area contributed by atoms with Crippen LogP contribution >= 0.6 is 0 Å². The van der Waals surface area contributed by atoms with E-state index in [0.717, 1.165) is 30.1 Å². The Labute approximate surface area is 117 Å². The van der Waals surface area contributed by atoms with Crippen LogP contribution in [0.15, 0.2) is 29.7 Å². The second-order valence-corrected chi connectivity index (χ2v) is 5.84. The first-order valence-electron chi connectivity index (χ1n) is 7.51. The molecule has 2 bridgehead atoms. The van der Waals surface area contributed by atoms with Crippen molar-refractivity contribution >= 4 is 6.21 Å². The SMILES string of the molecule is C=CN/C=C(CC1CC2CCCC(C1)N2C)\N=C/C. The summed E-state index contributed by atoms with van der Waals surface area (Å²) in [4.78, 5) is 7.10. The van der Waals surface area contributed by atoms with Gasteiger partial charge in [-0.2, -0.15) is 0 Å².